The molecule has 0 unspecified atom stereocenters. The molecule has 0 bridgehead atoms. The van der Waals surface area contributed by atoms with Crippen LogP contribution >= 0.6 is 0 Å². The van der Waals surface area contributed by atoms with Gasteiger partial charge in [-0.1, -0.05) is 26.7 Å². The van der Waals surface area contributed by atoms with Crippen LogP contribution in [0, 0.1) is 0 Å². The molecule has 0 atom stereocenters. The van der Waals surface area contributed by atoms with Gasteiger partial charge in [0.25, 0.3) is 0 Å². The summed E-state index contributed by atoms with van der Waals surface area (Å²) in [4.78, 5) is 9.10. The molecule has 106 valence electrons. The van der Waals surface area contributed by atoms with E-state index in [1.807, 2.05) is 6.07 Å². The van der Waals surface area contributed by atoms with E-state index in [4.69, 9.17) is 4.74 Å². The highest BCUT2D eigenvalue weighted by Crippen LogP contribution is 2.39. The second kappa shape index (κ2) is 7.31. The largest absolute Gasteiger partial charge is 0.478 e. The summed E-state index contributed by atoms with van der Waals surface area (Å²) in [6, 6.07) is 1.92. The van der Waals surface area contributed by atoms with Crippen molar-refractivity contribution in [3.05, 3.63) is 11.9 Å². The number of rotatable bonds is 9. The first kappa shape index (κ1) is 14.1. The van der Waals surface area contributed by atoms with Crippen molar-refractivity contribution in [1.29, 1.82) is 0 Å². The van der Waals surface area contributed by atoms with Crippen LogP contribution in [0.2, 0.25) is 0 Å². The van der Waals surface area contributed by atoms with Crippen molar-refractivity contribution >= 4 is 5.82 Å². The predicted octanol–water partition coefficient (Wildman–Crippen LogP) is 3.74. The van der Waals surface area contributed by atoms with Crippen LogP contribution in [0.15, 0.2) is 6.07 Å². The number of aromatic nitrogens is 2. The standard InChI is InChI=1S/C15H25N3O/c1-3-5-6-9-16-13-11-14(19-10-4-2)18-15(17-13)12-7-8-12/h11-12H,3-10H2,1-2H3,(H,16,17,18). The van der Waals surface area contributed by atoms with Crippen LogP contribution < -0.4 is 10.1 Å². The molecule has 2 rings (SSSR count). The molecule has 0 saturated heterocycles. The molecule has 1 heterocycles. The summed E-state index contributed by atoms with van der Waals surface area (Å²) in [6.07, 6.45) is 7.11. The van der Waals surface area contributed by atoms with E-state index in [1.54, 1.807) is 0 Å². The molecule has 0 radical (unpaired) electrons. The molecular formula is C15H25N3O. The molecule has 19 heavy (non-hydrogen) atoms. The molecule has 0 aliphatic heterocycles. The van der Waals surface area contributed by atoms with Crippen molar-refractivity contribution in [1.82, 2.24) is 9.97 Å². The van der Waals surface area contributed by atoms with E-state index < -0.39 is 0 Å². The molecule has 1 aromatic rings. The monoisotopic (exact) mass is 263 g/mol. The molecule has 1 aromatic heterocycles. The lowest BCUT2D eigenvalue weighted by molar-refractivity contribution is 0.303. The highest BCUT2D eigenvalue weighted by Gasteiger charge is 2.27. The van der Waals surface area contributed by atoms with Gasteiger partial charge in [-0.25, -0.2) is 4.98 Å². The summed E-state index contributed by atoms with van der Waals surface area (Å²) in [5.74, 6) is 3.14. The molecule has 1 aliphatic carbocycles. The number of unbranched alkanes of at least 4 members (excludes halogenated alkanes) is 2. The molecule has 4 nitrogen and oxygen atoms in total. The van der Waals surface area contributed by atoms with E-state index in [2.05, 4.69) is 29.1 Å². The number of hydrogen-bond acceptors (Lipinski definition) is 4. The zero-order valence-electron chi connectivity index (χ0n) is 12.1. The molecular weight excluding hydrogens is 238 g/mol. The Balaban J connectivity index is 1.97. The number of ether oxygens (including phenoxy) is 1. The number of nitrogens with one attached hydrogen (secondary N) is 1. The topological polar surface area (TPSA) is 47.0 Å². The second-order valence-electron chi connectivity index (χ2n) is 5.21. The fraction of sp³-hybridized carbons (Fsp3) is 0.733. The highest BCUT2D eigenvalue weighted by molar-refractivity contribution is 5.39. The SMILES string of the molecule is CCCCCNc1cc(OCCC)nc(C2CC2)n1. The number of hydrogen-bond donors (Lipinski definition) is 1. The van der Waals surface area contributed by atoms with E-state index in [0.717, 1.165) is 37.1 Å². The molecule has 4 heteroatoms. The van der Waals surface area contributed by atoms with Gasteiger partial charge in [0.2, 0.25) is 5.88 Å². The summed E-state index contributed by atoms with van der Waals surface area (Å²) in [5, 5.41) is 3.39. The minimum atomic E-state index is 0.557. The van der Waals surface area contributed by atoms with E-state index in [9.17, 15) is 0 Å². The zero-order chi connectivity index (χ0) is 13.5. The van der Waals surface area contributed by atoms with Gasteiger partial charge in [0.1, 0.15) is 11.6 Å². The van der Waals surface area contributed by atoms with Crippen molar-refractivity contribution < 1.29 is 4.74 Å². The van der Waals surface area contributed by atoms with Crippen molar-refractivity contribution in [2.24, 2.45) is 0 Å². The minimum Gasteiger partial charge on any atom is -0.478 e. The van der Waals surface area contributed by atoms with Gasteiger partial charge in [-0.3, -0.25) is 0 Å². The van der Waals surface area contributed by atoms with Gasteiger partial charge in [-0.05, 0) is 25.7 Å². The first-order valence-corrected chi connectivity index (χ1v) is 7.59. The first-order chi connectivity index (χ1) is 9.33. The molecule has 0 amide bonds. The van der Waals surface area contributed by atoms with Crippen LogP contribution in [0.4, 0.5) is 5.82 Å². The van der Waals surface area contributed by atoms with E-state index in [1.165, 1.54) is 32.1 Å². The lowest BCUT2D eigenvalue weighted by Crippen LogP contribution is -2.07. The van der Waals surface area contributed by atoms with Crippen molar-refractivity contribution in [2.45, 2.75) is 58.3 Å². The summed E-state index contributed by atoms with van der Waals surface area (Å²) >= 11 is 0. The zero-order valence-corrected chi connectivity index (χ0v) is 12.1. The van der Waals surface area contributed by atoms with Gasteiger partial charge in [0, 0.05) is 18.5 Å². The quantitative estimate of drug-likeness (QED) is 0.689. The average Bonchev–Trinajstić information content (AvgIpc) is 3.26. The maximum absolute atomic E-state index is 5.65. The number of nitrogens with zero attached hydrogens (tertiary/aromatic N) is 2. The van der Waals surface area contributed by atoms with Gasteiger partial charge in [-0.15, -0.1) is 0 Å². The predicted molar refractivity (Wildman–Crippen MR) is 77.8 cm³/mol. The van der Waals surface area contributed by atoms with Crippen LogP contribution in [0.1, 0.15) is 64.1 Å². The molecule has 0 spiro atoms. The summed E-state index contributed by atoms with van der Waals surface area (Å²) in [5.41, 5.74) is 0. The van der Waals surface area contributed by atoms with Crippen LogP contribution in [0.3, 0.4) is 0 Å². The van der Waals surface area contributed by atoms with E-state index >= 15 is 0 Å². The van der Waals surface area contributed by atoms with Crippen LogP contribution in [-0.4, -0.2) is 23.1 Å². The van der Waals surface area contributed by atoms with Crippen LogP contribution in [-0.2, 0) is 0 Å². The Labute approximate surface area is 116 Å². The molecule has 1 aliphatic rings. The minimum absolute atomic E-state index is 0.557. The Morgan fingerprint density at radius 2 is 2.05 bits per heavy atom. The van der Waals surface area contributed by atoms with Crippen molar-refractivity contribution in [3.8, 4) is 5.88 Å². The first-order valence-electron chi connectivity index (χ1n) is 7.59. The second-order valence-corrected chi connectivity index (χ2v) is 5.21. The summed E-state index contributed by atoms with van der Waals surface area (Å²) < 4.78 is 5.65. The Morgan fingerprint density at radius 3 is 2.74 bits per heavy atom. The Bertz CT molecular complexity index is 391. The third-order valence-corrected chi connectivity index (χ3v) is 3.20. The number of anilines is 1. The van der Waals surface area contributed by atoms with E-state index in [-0.39, 0.29) is 0 Å². The Hall–Kier alpha value is -1.32. The smallest absolute Gasteiger partial charge is 0.218 e. The average molecular weight is 263 g/mol. The summed E-state index contributed by atoms with van der Waals surface area (Å²) in [6.45, 7) is 6.01. The molecule has 0 aromatic carbocycles. The van der Waals surface area contributed by atoms with Gasteiger partial charge < -0.3 is 10.1 Å². The summed E-state index contributed by atoms with van der Waals surface area (Å²) in [7, 11) is 0. The maximum Gasteiger partial charge on any atom is 0.218 e. The van der Waals surface area contributed by atoms with Gasteiger partial charge >= 0.3 is 0 Å². The van der Waals surface area contributed by atoms with Crippen LogP contribution in [0.25, 0.3) is 0 Å². The fourth-order valence-electron chi connectivity index (χ4n) is 1.93. The van der Waals surface area contributed by atoms with Crippen molar-refractivity contribution in [2.75, 3.05) is 18.5 Å². The third-order valence-electron chi connectivity index (χ3n) is 3.20. The normalized spacial score (nSPS) is 14.4. The maximum atomic E-state index is 5.65. The van der Waals surface area contributed by atoms with Gasteiger partial charge in [0.05, 0.1) is 6.61 Å². The Morgan fingerprint density at radius 1 is 1.21 bits per heavy atom. The molecule has 1 N–H and O–H groups in total. The highest BCUT2D eigenvalue weighted by atomic mass is 16.5. The lowest BCUT2D eigenvalue weighted by atomic mass is 10.2. The van der Waals surface area contributed by atoms with E-state index in [0.29, 0.717) is 5.92 Å². The van der Waals surface area contributed by atoms with Crippen LogP contribution in [0.5, 0.6) is 5.88 Å². The fourth-order valence-corrected chi connectivity index (χ4v) is 1.93. The Kier molecular flexibility index (Phi) is 5.43. The lowest BCUT2D eigenvalue weighted by Gasteiger charge is -2.10. The van der Waals surface area contributed by atoms with Crippen molar-refractivity contribution in [3.63, 3.8) is 0 Å². The van der Waals surface area contributed by atoms with Gasteiger partial charge in [0.15, 0.2) is 0 Å². The molecule has 1 fully saturated rings. The third kappa shape index (κ3) is 4.69. The molecule has 1 saturated carbocycles. The van der Waals surface area contributed by atoms with Gasteiger partial charge in [-0.2, -0.15) is 4.98 Å².